The van der Waals surface area contributed by atoms with Crippen LogP contribution in [-0.2, 0) is 14.3 Å². The summed E-state index contributed by atoms with van der Waals surface area (Å²) in [6, 6.07) is 0. The van der Waals surface area contributed by atoms with E-state index >= 15 is 0 Å². The van der Waals surface area contributed by atoms with Gasteiger partial charge in [-0.1, -0.05) is 26.8 Å². The molecule has 0 amide bonds. The predicted octanol–water partition coefficient (Wildman–Crippen LogP) is 2.30. The van der Waals surface area contributed by atoms with Crippen LogP contribution in [0.15, 0.2) is 12.7 Å². The van der Waals surface area contributed by atoms with Gasteiger partial charge in [0, 0.05) is 36.3 Å². The molecule has 2 bridgehead atoms. The van der Waals surface area contributed by atoms with Crippen LogP contribution in [0.2, 0.25) is 0 Å². The molecule has 0 aromatic carbocycles. The number of carbonyl (C=O) groups excluding carboxylic acids is 2. The maximum atomic E-state index is 13.5. The van der Waals surface area contributed by atoms with Crippen LogP contribution in [0.4, 0.5) is 0 Å². The molecule has 8 unspecified atom stereocenters. The Labute approximate surface area is 204 Å². The standard InChI is InChI=1S/C27H44N2O5/c1-6-24(3)16-20(31)26(5)22-19(30)8-9-27(22,18(2)23(24)33)11-10-25(26,4)34-21(32)17-29-14-7-12-28-13-15-29/h6,18,20,22-23,28,31,33H,1,7-17H2,2-5H3. The first kappa shape index (κ1) is 25.8. The van der Waals surface area contributed by atoms with Crippen molar-refractivity contribution < 1.29 is 24.5 Å². The highest BCUT2D eigenvalue weighted by Gasteiger charge is 2.72. The first-order valence-electron chi connectivity index (χ1n) is 13.1. The third kappa shape index (κ3) is 3.78. The molecule has 4 aliphatic rings. The maximum absolute atomic E-state index is 13.5. The second-order valence-electron chi connectivity index (χ2n) is 12.2. The maximum Gasteiger partial charge on any atom is 0.320 e. The van der Waals surface area contributed by atoms with E-state index in [1.165, 1.54) is 0 Å². The van der Waals surface area contributed by atoms with E-state index in [0.717, 1.165) is 32.6 Å². The van der Waals surface area contributed by atoms with Gasteiger partial charge in [0.1, 0.15) is 11.4 Å². The molecule has 1 saturated heterocycles. The van der Waals surface area contributed by atoms with Crippen LogP contribution in [0.5, 0.6) is 0 Å². The average Bonchev–Trinajstić information content (AvgIpc) is 2.95. The fraction of sp³-hybridized carbons (Fsp3) is 0.852. The SMILES string of the molecule is C=CC1(C)CC(O)C2(C)C3C(=O)CCC3(CCC2(C)OC(=O)CN2CCCNCC2)C(C)C1O. The molecule has 3 aliphatic carbocycles. The van der Waals surface area contributed by atoms with Crippen molar-refractivity contribution >= 4 is 11.8 Å². The third-order valence-electron chi connectivity index (χ3n) is 10.5. The Morgan fingerprint density at radius 1 is 1.21 bits per heavy atom. The lowest BCUT2D eigenvalue weighted by Gasteiger charge is -2.64. The van der Waals surface area contributed by atoms with E-state index in [1.807, 2.05) is 20.8 Å². The van der Waals surface area contributed by atoms with Crippen molar-refractivity contribution in [3.05, 3.63) is 12.7 Å². The summed E-state index contributed by atoms with van der Waals surface area (Å²) in [5.41, 5.74) is -3.05. The summed E-state index contributed by atoms with van der Waals surface area (Å²) in [7, 11) is 0. The van der Waals surface area contributed by atoms with Gasteiger partial charge in [0.25, 0.3) is 0 Å². The first-order valence-corrected chi connectivity index (χ1v) is 13.1. The lowest BCUT2D eigenvalue weighted by Crippen LogP contribution is -2.69. The van der Waals surface area contributed by atoms with Gasteiger partial charge in [0.15, 0.2) is 0 Å². The summed E-state index contributed by atoms with van der Waals surface area (Å²) in [4.78, 5) is 28.8. The molecule has 34 heavy (non-hydrogen) atoms. The number of ether oxygens (including phenoxy) is 1. The second kappa shape index (κ2) is 8.99. The van der Waals surface area contributed by atoms with Crippen molar-refractivity contribution in [3.8, 4) is 0 Å². The second-order valence-corrected chi connectivity index (χ2v) is 12.2. The van der Waals surface area contributed by atoms with E-state index in [9.17, 15) is 19.8 Å². The Morgan fingerprint density at radius 2 is 1.94 bits per heavy atom. The molecule has 1 heterocycles. The molecule has 1 aliphatic heterocycles. The zero-order chi connectivity index (χ0) is 24.9. The van der Waals surface area contributed by atoms with Crippen molar-refractivity contribution in [2.45, 2.75) is 84.0 Å². The number of hydrogen-bond acceptors (Lipinski definition) is 7. The quantitative estimate of drug-likeness (QED) is 0.423. The summed E-state index contributed by atoms with van der Waals surface area (Å²) in [5.74, 6) is -0.757. The molecular weight excluding hydrogens is 432 g/mol. The van der Waals surface area contributed by atoms with Crippen LogP contribution in [0.3, 0.4) is 0 Å². The van der Waals surface area contributed by atoms with Gasteiger partial charge in [-0.3, -0.25) is 14.5 Å². The molecule has 192 valence electrons. The molecule has 0 spiro atoms. The van der Waals surface area contributed by atoms with E-state index in [2.05, 4.69) is 23.7 Å². The zero-order valence-corrected chi connectivity index (χ0v) is 21.4. The minimum absolute atomic E-state index is 0.128. The number of ketones is 1. The van der Waals surface area contributed by atoms with E-state index in [-0.39, 0.29) is 30.6 Å². The minimum Gasteiger partial charge on any atom is -0.458 e. The lowest BCUT2D eigenvalue weighted by molar-refractivity contribution is -0.252. The van der Waals surface area contributed by atoms with Gasteiger partial charge in [-0.15, -0.1) is 6.58 Å². The Bertz CT molecular complexity index is 826. The van der Waals surface area contributed by atoms with Crippen molar-refractivity contribution in [2.75, 3.05) is 32.7 Å². The average molecular weight is 477 g/mol. The summed E-state index contributed by atoms with van der Waals surface area (Å²) in [6.07, 6.45) is 3.78. The fourth-order valence-electron chi connectivity index (χ4n) is 8.00. The Hall–Kier alpha value is -1.28. The number of hydrogen-bond donors (Lipinski definition) is 3. The van der Waals surface area contributed by atoms with E-state index < -0.39 is 40.0 Å². The highest BCUT2D eigenvalue weighted by molar-refractivity contribution is 5.86. The molecule has 4 rings (SSSR count). The lowest BCUT2D eigenvalue weighted by atomic mass is 9.42. The van der Waals surface area contributed by atoms with Gasteiger partial charge >= 0.3 is 5.97 Å². The summed E-state index contributed by atoms with van der Waals surface area (Å²) < 4.78 is 6.29. The highest BCUT2D eigenvalue weighted by atomic mass is 16.6. The summed E-state index contributed by atoms with van der Waals surface area (Å²) in [5, 5.41) is 26.6. The molecule has 3 saturated carbocycles. The van der Waals surface area contributed by atoms with Crippen LogP contribution in [-0.4, -0.2) is 77.4 Å². The minimum atomic E-state index is -0.980. The van der Waals surface area contributed by atoms with Crippen LogP contribution < -0.4 is 5.32 Å². The number of Topliss-reactive ketones (excluding diaryl/α,β-unsaturated/α-hetero) is 1. The molecule has 0 radical (unpaired) electrons. The number of rotatable bonds is 4. The molecule has 4 fully saturated rings. The number of aliphatic hydroxyl groups is 2. The van der Waals surface area contributed by atoms with Crippen LogP contribution in [0, 0.1) is 28.1 Å². The van der Waals surface area contributed by atoms with Crippen LogP contribution in [0.1, 0.15) is 66.2 Å². The fourth-order valence-corrected chi connectivity index (χ4v) is 8.00. The monoisotopic (exact) mass is 476 g/mol. The summed E-state index contributed by atoms with van der Waals surface area (Å²) >= 11 is 0. The van der Waals surface area contributed by atoms with Crippen molar-refractivity contribution in [1.82, 2.24) is 10.2 Å². The van der Waals surface area contributed by atoms with E-state index in [4.69, 9.17) is 4.74 Å². The van der Waals surface area contributed by atoms with Crippen molar-refractivity contribution in [3.63, 3.8) is 0 Å². The Morgan fingerprint density at radius 3 is 2.65 bits per heavy atom. The highest BCUT2D eigenvalue weighted by Crippen LogP contribution is 2.69. The smallest absolute Gasteiger partial charge is 0.320 e. The molecule has 7 heteroatoms. The number of esters is 1. The van der Waals surface area contributed by atoms with Crippen molar-refractivity contribution in [2.24, 2.45) is 28.1 Å². The predicted molar refractivity (Wildman–Crippen MR) is 130 cm³/mol. The van der Waals surface area contributed by atoms with Gasteiger partial charge < -0.3 is 20.3 Å². The first-order chi connectivity index (χ1) is 15.9. The number of nitrogens with one attached hydrogen (secondary N) is 1. The molecule has 0 aromatic heterocycles. The molecule has 7 nitrogen and oxygen atoms in total. The molecule has 8 atom stereocenters. The molecule has 3 N–H and O–H groups in total. The third-order valence-corrected chi connectivity index (χ3v) is 10.5. The largest absolute Gasteiger partial charge is 0.458 e. The van der Waals surface area contributed by atoms with Crippen LogP contribution in [0.25, 0.3) is 0 Å². The topological polar surface area (TPSA) is 99.1 Å². The Balaban J connectivity index is 1.70. The van der Waals surface area contributed by atoms with Gasteiger partial charge in [0.05, 0.1) is 18.8 Å². The van der Waals surface area contributed by atoms with E-state index in [1.54, 1.807) is 6.08 Å². The van der Waals surface area contributed by atoms with Gasteiger partial charge in [0.2, 0.25) is 0 Å². The van der Waals surface area contributed by atoms with Gasteiger partial charge in [-0.2, -0.15) is 0 Å². The summed E-state index contributed by atoms with van der Waals surface area (Å²) in [6.45, 7) is 15.5. The van der Waals surface area contributed by atoms with Crippen LogP contribution >= 0.6 is 0 Å². The normalized spacial score (nSPS) is 47.8. The van der Waals surface area contributed by atoms with Gasteiger partial charge in [-0.05, 0) is 63.5 Å². The molecular formula is C27H44N2O5. The van der Waals surface area contributed by atoms with Gasteiger partial charge in [-0.25, -0.2) is 0 Å². The number of aliphatic hydroxyl groups excluding tert-OH is 2. The van der Waals surface area contributed by atoms with E-state index in [0.29, 0.717) is 25.7 Å². The zero-order valence-electron chi connectivity index (χ0n) is 21.4. The number of nitrogens with zero attached hydrogens (tertiary/aromatic N) is 1. The van der Waals surface area contributed by atoms with Crippen molar-refractivity contribution in [1.29, 1.82) is 0 Å². The molecule has 0 aromatic rings. The number of carbonyl (C=O) groups is 2. The Kier molecular flexibility index (Phi) is 6.82.